The van der Waals surface area contributed by atoms with Crippen LogP contribution in [0, 0.1) is 0 Å². The van der Waals surface area contributed by atoms with Crippen LogP contribution in [0.3, 0.4) is 0 Å². The summed E-state index contributed by atoms with van der Waals surface area (Å²) in [5, 5.41) is 10.7. The van der Waals surface area contributed by atoms with Gasteiger partial charge in [0.1, 0.15) is 5.82 Å². The van der Waals surface area contributed by atoms with Gasteiger partial charge in [-0.2, -0.15) is 23.4 Å². The Bertz CT molecular complexity index is 598. The molecular formula is C11H12F3N5. The van der Waals surface area contributed by atoms with E-state index in [1.807, 2.05) is 0 Å². The summed E-state index contributed by atoms with van der Waals surface area (Å²) in [6.07, 6.45) is -0.285. The zero-order chi connectivity index (χ0) is 13.6. The molecule has 0 aliphatic carbocycles. The van der Waals surface area contributed by atoms with Crippen molar-refractivity contribution in [1.29, 1.82) is 0 Å². The highest BCUT2D eigenvalue weighted by molar-refractivity contribution is 5.41. The van der Waals surface area contributed by atoms with E-state index in [2.05, 4.69) is 15.5 Å². The molecule has 5 nitrogen and oxygen atoms in total. The Morgan fingerprint density at radius 1 is 1.42 bits per heavy atom. The standard InChI is InChI=1S/C11H12F3N5/c1-18-6-7(5-16-18)8-2-3-15-10-4-9(11(12,13)14)17-19(8)10/h4-6,8,15H,2-3H2,1H3. The number of halogens is 3. The third kappa shape index (κ3) is 2.06. The number of rotatable bonds is 1. The van der Waals surface area contributed by atoms with E-state index in [4.69, 9.17) is 0 Å². The summed E-state index contributed by atoms with van der Waals surface area (Å²) >= 11 is 0. The topological polar surface area (TPSA) is 47.7 Å². The van der Waals surface area contributed by atoms with Crippen molar-refractivity contribution in [1.82, 2.24) is 19.6 Å². The van der Waals surface area contributed by atoms with Crippen LogP contribution in [0.4, 0.5) is 19.0 Å². The molecule has 102 valence electrons. The van der Waals surface area contributed by atoms with Crippen LogP contribution in [0.5, 0.6) is 0 Å². The second-order valence-corrected chi connectivity index (χ2v) is 4.54. The van der Waals surface area contributed by atoms with Gasteiger partial charge in [-0.1, -0.05) is 0 Å². The summed E-state index contributed by atoms with van der Waals surface area (Å²) in [5.41, 5.74) is -0.00661. The molecule has 0 saturated carbocycles. The molecule has 0 saturated heterocycles. The molecule has 0 aromatic carbocycles. The van der Waals surface area contributed by atoms with Gasteiger partial charge in [-0.05, 0) is 6.42 Å². The van der Waals surface area contributed by atoms with Gasteiger partial charge < -0.3 is 5.32 Å². The van der Waals surface area contributed by atoms with Crippen LogP contribution in [-0.4, -0.2) is 26.1 Å². The van der Waals surface area contributed by atoms with Gasteiger partial charge in [-0.15, -0.1) is 0 Å². The van der Waals surface area contributed by atoms with Crippen molar-refractivity contribution >= 4 is 5.82 Å². The SMILES string of the molecule is Cn1cc(C2CCNc3cc(C(F)(F)F)nn32)cn1. The van der Waals surface area contributed by atoms with Gasteiger partial charge in [-0.25, -0.2) is 4.68 Å². The van der Waals surface area contributed by atoms with Gasteiger partial charge in [0.15, 0.2) is 5.69 Å². The molecule has 8 heteroatoms. The van der Waals surface area contributed by atoms with Gasteiger partial charge in [0.25, 0.3) is 0 Å². The molecule has 1 unspecified atom stereocenters. The third-order valence-electron chi connectivity index (χ3n) is 3.15. The first kappa shape index (κ1) is 12.1. The minimum Gasteiger partial charge on any atom is -0.370 e. The molecule has 1 atom stereocenters. The predicted molar refractivity (Wildman–Crippen MR) is 61.7 cm³/mol. The summed E-state index contributed by atoms with van der Waals surface area (Å²) in [6, 6.07) is 0.837. The molecule has 1 aliphatic rings. The Labute approximate surface area is 107 Å². The molecule has 0 bridgehead atoms. The fourth-order valence-corrected chi connectivity index (χ4v) is 2.28. The summed E-state index contributed by atoms with van der Waals surface area (Å²) in [7, 11) is 1.77. The van der Waals surface area contributed by atoms with Crippen LogP contribution in [0.25, 0.3) is 0 Å². The lowest BCUT2D eigenvalue weighted by molar-refractivity contribution is -0.141. The van der Waals surface area contributed by atoms with Crippen molar-refractivity contribution in [3.05, 3.63) is 29.7 Å². The first-order chi connectivity index (χ1) is 8.95. The average Bonchev–Trinajstić information content (AvgIpc) is 2.93. The van der Waals surface area contributed by atoms with Gasteiger partial charge in [0, 0.05) is 31.4 Å². The molecule has 2 aromatic rings. The largest absolute Gasteiger partial charge is 0.435 e. The van der Waals surface area contributed by atoms with E-state index < -0.39 is 11.9 Å². The molecule has 1 aliphatic heterocycles. The van der Waals surface area contributed by atoms with E-state index in [9.17, 15) is 13.2 Å². The van der Waals surface area contributed by atoms with Crippen molar-refractivity contribution in [2.75, 3.05) is 11.9 Å². The van der Waals surface area contributed by atoms with E-state index in [0.29, 0.717) is 18.8 Å². The number of hydrogen-bond donors (Lipinski definition) is 1. The Morgan fingerprint density at radius 2 is 2.21 bits per heavy atom. The Morgan fingerprint density at radius 3 is 2.84 bits per heavy atom. The molecule has 2 aromatic heterocycles. The van der Waals surface area contributed by atoms with Crippen LogP contribution in [-0.2, 0) is 13.2 Å². The van der Waals surface area contributed by atoms with Crippen LogP contribution in [0.1, 0.15) is 23.7 Å². The van der Waals surface area contributed by atoms with Gasteiger partial charge in [0.05, 0.1) is 12.2 Å². The van der Waals surface area contributed by atoms with Crippen molar-refractivity contribution in [3.63, 3.8) is 0 Å². The lowest BCUT2D eigenvalue weighted by Gasteiger charge is -2.24. The quantitative estimate of drug-likeness (QED) is 0.863. The Hall–Kier alpha value is -1.99. The van der Waals surface area contributed by atoms with E-state index in [-0.39, 0.29) is 6.04 Å². The predicted octanol–water partition coefficient (Wildman–Crippen LogP) is 2.04. The van der Waals surface area contributed by atoms with Crippen LogP contribution in [0.2, 0.25) is 0 Å². The molecule has 0 fully saturated rings. The molecule has 3 heterocycles. The second-order valence-electron chi connectivity index (χ2n) is 4.54. The number of nitrogens with one attached hydrogen (secondary N) is 1. The highest BCUT2D eigenvalue weighted by atomic mass is 19.4. The minimum absolute atomic E-state index is 0.207. The zero-order valence-electron chi connectivity index (χ0n) is 10.1. The molecule has 3 rings (SSSR count). The average molecular weight is 271 g/mol. The van der Waals surface area contributed by atoms with E-state index in [1.165, 1.54) is 4.68 Å². The first-order valence-corrected chi connectivity index (χ1v) is 5.84. The Balaban J connectivity index is 2.02. The zero-order valence-corrected chi connectivity index (χ0v) is 10.1. The first-order valence-electron chi connectivity index (χ1n) is 5.84. The molecule has 19 heavy (non-hydrogen) atoms. The maximum Gasteiger partial charge on any atom is 0.435 e. The van der Waals surface area contributed by atoms with Gasteiger partial charge >= 0.3 is 6.18 Å². The van der Waals surface area contributed by atoms with Crippen molar-refractivity contribution < 1.29 is 13.2 Å². The summed E-state index contributed by atoms with van der Waals surface area (Å²) in [6.45, 7) is 0.614. The summed E-state index contributed by atoms with van der Waals surface area (Å²) in [5.74, 6) is 0.396. The van der Waals surface area contributed by atoms with Crippen LogP contribution >= 0.6 is 0 Å². The highest BCUT2D eigenvalue weighted by Crippen LogP contribution is 2.35. The van der Waals surface area contributed by atoms with E-state index in [1.54, 1.807) is 24.1 Å². The monoisotopic (exact) mass is 271 g/mol. The number of aromatic nitrogens is 4. The van der Waals surface area contributed by atoms with Gasteiger partial charge in [-0.3, -0.25) is 4.68 Å². The maximum absolute atomic E-state index is 12.7. The van der Waals surface area contributed by atoms with E-state index in [0.717, 1.165) is 11.6 Å². The third-order valence-corrected chi connectivity index (χ3v) is 3.15. The molecule has 0 radical (unpaired) electrons. The smallest absolute Gasteiger partial charge is 0.370 e. The number of hydrogen-bond acceptors (Lipinski definition) is 3. The van der Waals surface area contributed by atoms with Gasteiger partial charge in [0.2, 0.25) is 0 Å². The number of fused-ring (bicyclic) bond motifs is 1. The Kier molecular flexibility index (Phi) is 2.54. The molecule has 1 N–H and O–H groups in total. The second kappa shape index (κ2) is 4.01. The number of alkyl halides is 3. The fourth-order valence-electron chi connectivity index (χ4n) is 2.28. The fraction of sp³-hybridized carbons (Fsp3) is 0.455. The summed E-state index contributed by atoms with van der Waals surface area (Å²) < 4.78 is 41.1. The highest BCUT2D eigenvalue weighted by Gasteiger charge is 2.36. The summed E-state index contributed by atoms with van der Waals surface area (Å²) in [4.78, 5) is 0. The van der Waals surface area contributed by atoms with Crippen molar-refractivity contribution in [2.45, 2.75) is 18.6 Å². The van der Waals surface area contributed by atoms with E-state index >= 15 is 0 Å². The number of anilines is 1. The van der Waals surface area contributed by atoms with Crippen LogP contribution < -0.4 is 5.32 Å². The van der Waals surface area contributed by atoms with Crippen molar-refractivity contribution in [2.24, 2.45) is 7.05 Å². The minimum atomic E-state index is -4.43. The number of aryl methyl sites for hydroxylation is 1. The molecule has 0 spiro atoms. The number of nitrogens with zero attached hydrogens (tertiary/aromatic N) is 4. The lowest BCUT2D eigenvalue weighted by atomic mass is 10.1. The molecule has 0 amide bonds. The van der Waals surface area contributed by atoms with Crippen molar-refractivity contribution in [3.8, 4) is 0 Å². The normalized spacial score (nSPS) is 19.1. The lowest BCUT2D eigenvalue weighted by Crippen LogP contribution is -2.24. The molecular weight excluding hydrogens is 259 g/mol. The van der Waals surface area contributed by atoms with Crippen LogP contribution in [0.15, 0.2) is 18.5 Å². The maximum atomic E-state index is 12.7.